The molecule has 0 bridgehead atoms. The molecule has 3 nitrogen and oxygen atoms in total. The topological polar surface area (TPSA) is 44.5 Å². The van der Waals surface area contributed by atoms with Gasteiger partial charge in [-0.15, -0.1) is 12.4 Å². The summed E-state index contributed by atoms with van der Waals surface area (Å²) in [7, 11) is 3.22. The standard InChI is InChI=1S/C6H15NO2.ClH/c1-5(4-7)6(8-2)9-3;/h5-6H,4,7H2,1-3H3;1H/t5-;/m0./s1. The minimum Gasteiger partial charge on any atom is -0.356 e. The summed E-state index contributed by atoms with van der Waals surface area (Å²) in [5.74, 6) is 0.264. The third-order valence-corrected chi connectivity index (χ3v) is 1.30. The van der Waals surface area contributed by atoms with Gasteiger partial charge in [0.2, 0.25) is 0 Å². The van der Waals surface area contributed by atoms with Crippen molar-refractivity contribution in [2.24, 2.45) is 11.7 Å². The van der Waals surface area contributed by atoms with E-state index in [1.807, 2.05) is 6.92 Å². The van der Waals surface area contributed by atoms with E-state index in [1.54, 1.807) is 14.2 Å². The number of rotatable bonds is 4. The smallest absolute Gasteiger partial charge is 0.160 e. The summed E-state index contributed by atoms with van der Waals surface area (Å²) < 4.78 is 9.90. The summed E-state index contributed by atoms with van der Waals surface area (Å²) in [6.07, 6.45) is -0.157. The maximum absolute atomic E-state index is 5.36. The second-order valence-corrected chi connectivity index (χ2v) is 2.05. The first-order chi connectivity index (χ1) is 4.26. The van der Waals surface area contributed by atoms with Gasteiger partial charge in [-0.3, -0.25) is 0 Å². The van der Waals surface area contributed by atoms with E-state index in [1.165, 1.54) is 0 Å². The summed E-state index contributed by atoms with van der Waals surface area (Å²) >= 11 is 0. The van der Waals surface area contributed by atoms with Crippen molar-refractivity contribution < 1.29 is 9.47 Å². The Kier molecular flexibility index (Phi) is 9.33. The molecule has 4 heteroatoms. The molecular weight excluding hydrogens is 154 g/mol. The zero-order chi connectivity index (χ0) is 7.28. The summed E-state index contributed by atoms with van der Waals surface area (Å²) in [6.45, 7) is 2.57. The van der Waals surface area contributed by atoms with E-state index in [0.29, 0.717) is 6.54 Å². The second kappa shape index (κ2) is 7.28. The molecule has 64 valence electrons. The molecule has 0 aliphatic carbocycles. The van der Waals surface area contributed by atoms with Crippen LogP contribution in [-0.4, -0.2) is 27.1 Å². The number of hydrogen-bond acceptors (Lipinski definition) is 3. The predicted molar refractivity (Wildman–Crippen MR) is 43.3 cm³/mol. The zero-order valence-corrected chi connectivity index (χ0v) is 7.48. The van der Waals surface area contributed by atoms with Gasteiger partial charge in [-0.1, -0.05) is 6.92 Å². The van der Waals surface area contributed by atoms with Crippen LogP contribution in [0.2, 0.25) is 0 Å². The van der Waals surface area contributed by atoms with Crippen molar-refractivity contribution in [3.05, 3.63) is 0 Å². The first-order valence-electron chi connectivity index (χ1n) is 3.02. The molecule has 0 aromatic rings. The Labute approximate surface area is 68.3 Å². The Morgan fingerprint density at radius 1 is 1.30 bits per heavy atom. The lowest BCUT2D eigenvalue weighted by atomic mass is 10.2. The van der Waals surface area contributed by atoms with Gasteiger partial charge in [-0.05, 0) is 6.54 Å². The van der Waals surface area contributed by atoms with Gasteiger partial charge in [0, 0.05) is 20.1 Å². The van der Waals surface area contributed by atoms with Crippen molar-refractivity contribution in [3.63, 3.8) is 0 Å². The molecule has 0 amide bonds. The molecule has 0 fully saturated rings. The van der Waals surface area contributed by atoms with E-state index < -0.39 is 0 Å². The highest BCUT2D eigenvalue weighted by molar-refractivity contribution is 5.85. The molecule has 0 heterocycles. The van der Waals surface area contributed by atoms with E-state index >= 15 is 0 Å². The summed E-state index contributed by atoms with van der Waals surface area (Å²) in [5, 5.41) is 0. The van der Waals surface area contributed by atoms with Gasteiger partial charge in [0.1, 0.15) is 0 Å². The molecule has 0 spiro atoms. The molecule has 2 N–H and O–H groups in total. The first kappa shape index (κ1) is 12.8. The van der Waals surface area contributed by atoms with Crippen molar-refractivity contribution in [1.82, 2.24) is 0 Å². The van der Waals surface area contributed by atoms with Crippen LogP contribution in [0.4, 0.5) is 0 Å². The zero-order valence-electron chi connectivity index (χ0n) is 6.66. The van der Waals surface area contributed by atoms with Crippen molar-refractivity contribution in [2.45, 2.75) is 13.2 Å². The Morgan fingerprint density at radius 2 is 1.70 bits per heavy atom. The maximum atomic E-state index is 5.36. The predicted octanol–water partition coefficient (Wildman–Crippen LogP) is 0.622. The van der Waals surface area contributed by atoms with Crippen LogP contribution in [0, 0.1) is 5.92 Å². The highest BCUT2D eigenvalue weighted by Crippen LogP contribution is 2.03. The Balaban J connectivity index is 0. The van der Waals surface area contributed by atoms with E-state index in [2.05, 4.69) is 0 Å². The fourth-order valence-electron chi connectivity index (χ4n) is 0.672. The van der Waals surface area contributed by atoms with Crippen LogP contribution < -0.4 is 5.73 Å². The average molecular weight is 170 g/mol. The molecule has 0 aromatic heterocycles. The number of nitrogens with two attached hydrogens (primary N) is 1. The van der Waals surface area contributed by atoms with Crippen LogP contribution in [0.1, 0.15) is 6.92 Å². The van der Waals surface area contributed by atoms with Gasteiger partial charge in [-0.25, -0.2) is 0 Å². The highest BCUT2D eigenvalue weighted by Gasteiger charge is 2.12. The van der Waals surface area contributed by atoms with Crippen LogP contribution in [0.25, 0.3) is 0 Å². The normalized spacial score (nSPS) is 12.9. The molecule has 0 unspecified atom stereocenters. The molecule has 0 saturated carbocycles. The number of methoxy groups -OCH3 is 2. The first-order valence-corrected chi connectivity index (χ1v) is 3.02. The van der Waals surface area contributed by atoms with Gasteiger partial charge in [-0.2, -0.15) is 0 Å². The second-order valence-electron chi connectivity index (χ2n) is 2.05. The molecular formula is C6H16ClNO2. The van der Waals surface area contributed by atoms with Crippen molar-refractivity contribution >= 4 is 12.4 Å². The van der Waals surface area contributed by atoms with Crippen LogP contribution in [-0.2, 0) is 9.47 Å². The highest BCUT2D eigenvalue weighted by atomic mass is 35.5. The third-order valence-electron chi connectivity index (χ3n) is 1.30. The van der Waals surface area contributed by atoms with Gasteiger partial charge in [0.05, 0.1) is 0 Å². The van der Waals surface area contributed by atoms with Gasteiger partial charge >= 0.3 is 0 Å². The van der Waals surface area contributed by atoms with Gasteiger partial charge in [0.25, 0.3) is 0 Å². The third kappa shape index (κ3) is 4.06. The Hall–Kier alpha value is 0.170. The van der Waals surface area contributed by atoms with Crippen molar-refractivity contribution in [2.75, 3.05) is 20.8 Å². The largest absolute Gasteiger partial charge is 0.356 e. The fraction of sp³-hybridized carbons (Fsp3) is 1.00. The monoisotopic (exact) mass is 169 g/mol. The molecule has 0 aliphatic heterocycles. The lowest BCUT2D eigenvalue weighted by Crippen LogP contribution is -2.28. The molecule has 1 atom stereocenters. The quantitative estimate of drug-likeness (QED) is 0.628. The number of halogens is 1. The molecule has 0 radical (unpaired) electrons. The minimum absolute atomic E-state index is 0. The van der Waals surface area contributed by atoms with E-state index in [-0.39, 0.29) is 24.6 Å². The van der Waals surface area contributed by atoms with E-state index in [0.717, 1.165) is 0 Å². The van der Waals surface area contributed by atoms with Crippen molar-refractivity contribution in [1.29, 1.82) is 0 Å². The minimum atomic E-state index is -0.157. The lowest BCUT2D eigenvalue weighted by Gasteiger charge is -2.18. The SMILES string of the molecule is COC(OC)[C@@H](C)CN.Cl. The van der Waals surface area contributed by atoms with Crippen LogP contribution in [0.3, 0.4) is 0 Å². The lowest BCUT2D eigenvalue weighted by molar-refractivity contribution is -0.130. The Morgan fingerprint density at radius 3 is 1.80 bits per heavy atom. The molecule has 0 saturated heterocycles. The van der Waals surface area contributed by atoms with Crippen LogP contribution in [0.15, 0.2) is 0 Å². The maximum Gasteiger partial charge on any atom is 0.160 e. The van der Waals surface area contributed by atoms with E-state index in [9.17, 15) is 0 Å². The molecule has 0 aliphatic rings. The van der Waals surface area contributed by atoms with Crippen molar-refractivity contribution in [3.8, 4) is 0 Å². The number of hydrogen-bond donors (Lipinski definition) is 1. The number of ether oxygens (including phenoxy) is 2. The van der Waals surface area contributed by atoms with E-state index in [4.69, 9.17) is 15.2 Å². The molecule has 10 heavy (non-hydrogen) atoms. The van der Waals surface area contributed by atoms with Gasteiger partial charge < -0.3 is 15.2 Å². The van der Waals surface area contributed by atoms with Crippen LogP contribution >= 0.6 is 12.4 Å². The fourth-order valence-corrected chi connectivity index (χ4v) is 0.672. The molecule has 0 aromatic carbocycles. The summed E-state index contributed by atoms with van der Waals surface area (Å²) in [4.78, 5) is 0. The summed E-state index contributed by atoms with van der Waals surface area (Å²) in [5.41, 5.74) is 5.36. The van der Waals surface area contributed by atoms with Crippen LogP contribution in [0.5, 0.6) is 0 Å². The Bertz CT molecular complexity index is 68.8. The average Bonchev–Trinajstić information content (AvgIpc) is 1.90. The van der Waals surface area contributed by atoms with Gasteiger partial charge in [0.15, 0.2) is 6.29 Å². The molecule has 0 rings (SSSR count). The summed E-state index contributed by atoms with van der Waals surface area (Å²) in [6, 6.07) is 0.